The minimum atomic E-state index is -0.925. The molecule has 4 rings (SSSR count). The number of aromatic hydroxyl groups is 1. The Bertz CT molecular complexity index is 982. The highest BCUT2D eigenvalue weighted by atomic mass is 32.2. The Labute approximate surface area is 147 Å². The van der Waals surface area contributed by atoms with Crippen LogP contribution in [0, 0.1) is 0 Å². The van der Waals surface area contributed by atoms with Crippen LogP contribution < -0.4 is 0 Å². The standard InChI is InChI=1S/C18H15N3O3S/c22-12-6-7-13-15(8-12)21(9-11-4-2-1-3-5-11)16(19-13)17-20-14(10-25-17)18(23)24/h1-8,14,22H,9-10H2,(H,23,24)/t14-/m1/s1. The second kappa shape index (κ2) is 6.25. The molecule has 0 aliphatic carbocycles. The Morgan fingerprint density at radius 3 is 2.76 bits per heavy atom. The second-order valence-corrected chi connectivity index (χ2v) is 6.79. The van der Waals surface area contributed by atoms with E-state index < -0.39 is 12.0 Å². The van der Waals surface area contributed by atoms with E-state index in [4.69, 9.17) is 0 Å². The molecule has 0 spiro atoms. The highest BCUT2D eigenvalue weighted by molar-refractivity contribution is 8.14. The Balaban J connectivity index is 1.84. The monoisotopic (exact) mass is 353 g/mol. The van der Waals surface area contributed by atoms with Gasteiger partial charge in [0.25, 0.3) is 0 Å². The first-order chi connectivity index (χ1) is 12.1. The Morgan fingerprint density at radius 1 is 1.24 bits per heavy atom. The lowest BCUT2D eigenvalue weighted by Crippen LogP contribution is -2.17. The molecular weight excluding hydrogens is 338 g/mol. The maximum absolute atomic E-state index is 11.2. The van der Waals surface area contributed by atoms with Crippen molar-refractivity contribution in [3.8, 4) is 5.75 Å². The number of hydrogen-bond acceptors (Lipinski definition) is 5. The molecule has 0 saturated carbocycles. The maximum atomic E-state index is 11.2. The molecule has 7 heteroatoms. The molecule has 0 saturated heterocycles. The number of hydrogen-bond donors (Lipinski definition) is 2. The number of carboxylic acid groups (broad SMARTS) is 1. The number of aromatic nitrogens is 2. The number of phenols is 1. The van der Waals surface area contributed by atoms with Crippen molar-refractivity contribution in [2.75, 3.05) is 5.75 Å². The first kappa shape index (κ1) is 15.7. The van der Waals surface area contributed by atoms with E-state index in [9.17, 15) is 15.0 Å². The summed E-state index contributed by atoms with van der Waals surface area (Å²) in [5.74, 6) is 0.284. The zero-order valence-electron chi connectivity index (χ0n) is 13.2. The van der Waals surface area contributed by atoms with Crippen LogP contribution in [-0.2, 0) is 11.3 Å². The summed E-state index contributed by atoms with van der Waals surface area (Å²) in [5.41, 5.74) is 2.62. The summed E-state index contributed by atoms with van der Waals surface area (Å²) in [6, 6.07) is 14.2. The van der Waals surface area contributed by atoms with E-state index in [2.05, 4.69) is 9.98 Å². The van der Waals surface area contributed by atoms with Crippen LogP contribution in [0.1, 0.15) is 11.4 Å². The van der Waals surface area contributed by atoms with E-state index in [0.717, 1.165) is 16.6 Å². The fourth-order valence-corrected chi connectivity index (χ4v) is 3.84. The van der Waals surface area contributed by atoms with Crippen molar-refractivity contribution in [1.82, 2.24) is 9.55 Å². The van der Waals surface area contributed by atoms with Crippen molar-refractivity contribution < 1.29 is 15.0 Å². The highest BCUT2D eigenvalue weighted by Crippen LogP contribution is 2.28. The van der Waals surface area contributed by atoms with Crippen LogP contribution in [0.15, 0.2) is 53.5 Å². The number of phenolic OH excluding ortho intramolecular Hbond substituents is 1. The first-order valence-corrected chi connectivity index (χ1v) is 8.77. The molecule has 0 fully saturated rings. The number of imidazole rings is 1. The quantitative estimate of drug-likeness (QED) is 0.753. The average Bonchev–Trinajstić information content (AvgIpc) is 3.21. The summed E-state index contributed by atoms with van der Waals surface area (Å²) < 4.78 is 1.97. The molecule has 0 amide bonds. The lowest BCUT2D eigenvalue weighted by atomic mass is 10.2. The Kier molecular flexibility index (Phi) is 3.93. The highest BCUT2D eigenvalue weighted by Gasteiger charge is 2.28. The van der Waals surface area contributed by atoms with Crippen LogP contribution >= 0.6 is 11.8 Å². The molecule has 0 unspecified atom stereocenters. The van der Waals surface area contributed by atoms with Crippen LogP contribution in [0.4, 0.5) is 0 Å². The van der Waals surface area contributed by atoms with Crippen LogP contribution in [0.5, 0.6) is 5.75 Å². The number of rotatable bonds is 4. The van der Waals surface area contributed by atoms with Gasteiger partial charge < -0.3 is 14.8 Å². The average molecular weight is 353 g/mol. The van der Waals surface area contributed by atoms with E-state index in [-0.39, 0.29) is 5.75 Å². The van der Waals surface area contributed by atoms with Gasteiger partial charge in [0.15, 0.2) is 11.9 Å². The van der Waals surface area contributed by atoms with E-state index in [1.807, 2.05) is 34.9 Å². The number of thioether (sulfide) groups is 1. The molecule has 6 nitrogen and oxygen atoms in total. The number of aliphatic carboxylic acids is 1. The Hall–Kier alpha value is -2.80. The fourth-order valence-electron chi connectivity index (χ4n) is 2.82. The van der Waals surface area contributed by atoms with Crippen molar-refractivity contribution >= 4 is 33.8 Å². The third-order valence-electron chi connectivity index (χ3n) is 4.04. The predicted molar refractivity (Wildman–Crippen MR) is 97.4 cm³/mol. The molecule has 0 bridgehead atoms. The summed E-state index contributed by atoms with van der Waals surface area (Å²) in [7, 11) is 0. The summed E-state index contributed by atoms with van der Waals surface area (Å²) in [6.07, 6.45) is 0. The normalized spacial score (nSPS) is 17.0. The molecule has 126 valence electrons. The molecule has 2 heterocycles. The SMILES string of the molecule is O=C(O)[C@H]1CSC(c2nc3ccc(O)cc3n2Cc2ccccc2)=N1. The fraction of sp³-hybridized carbons (Fsp3) is 0.167. The topological polar surface area (TPSA) is 87.7 Å². The van der Waals surface area contributed by atoms with Crippen molar-refractivity contribution in [1.29, 1.82) is 0 Å². The van der Waals surface area contributed by atoms with Crippen molar-refractivity contribution in [3.05, 3.63) is 59.9 Å². The number of fused-ring (bicyclic) bond motifs is 1. The molecule has 2 N–H and O–H groups in total. The minimum Gasteiger partial charge on any atom is -0.508 e. The summed E-state index contributed by atoms with van der Waals surface area (Å²) in [5, 5.41) is 19.7. The van der Waals surface area contributed by atoms with Crippen molar-refractivity contribution in [2.24, 2.45) is 4.99 Å². The predicted octanol–water partition coefficient (Wildman–Crippen LogP) is 2.74. The van der Waals surface area contributed by atoms with E-state index in [1.165, 1.54) is 11.8 Å². The van der Waals surface area contributed by atoms with Crippen LogP contribution in [0.2, 0.25) is 0 Å². The maximum Gasteiger partial charge on any atom is 0.329 e. The van der Waals surface area contributed by atoms with E-state index in [0.29, 0.717) is 23.2 Å². The minimum absolute atomic E-state index is 0.165. The number of carbonyl (C=O) groups is 1. The lowest BCUT2D eigenvalue weighted by molar-refractivity contribution is -0.137. The molecule has 2 aromatic carbocycles. The summed E-state index contributed by atoms with van der Waals surface area (Å²) >= 11 is 1.40. The van der Waals surface area contributed by atoms with Gasteiger partial charge in [-0.2, -0.15) is 0 Å². The summed E-state index contributed by atoms with van der Waals surface area (Å²) in [6.45, 7) is 0.563. The zero-order valence-corrected chi connectivity index (χ0v) is 14.0. The smallest absolute Gasteiger partial charge is 0.329 e. The van der Waals surface area contributed by atoms with E-state index in [1.54, 1.807) is 18.2 Å². The largest absolute Gasteiger partial charge is 0.508 e. The van der Waals surface area contributed by atoms with Crippen LogP contribution in [0.25, 0.3) is 11.0 Å². The number of carboxylic acids is 1. The molecule has 25 heavy (non-hydrogen) atoms. The van der Waals surface area contributed by atoms with Gasteiger partial charge in [-0.3, -0.25) is 4.99 Å². The molecule has 3 aromatic rings. The van der Waals surface area contributed by atoms with Crippen molar-refractivity contribution in [2.45, 2.75) is 12.6 Å². The van der Waals surface area contributed by atoms with Gasteiger partial charge in [-0.25, -0.2) is 9.78 Å². The van der Waals surface area contributed by atoms with Gasteiger partial charge in [0, 0.05) is 18.4 Å². The molecule has 1 atom stereocenters. The van der Waals surface area contributed by atoms with Crippen LogP contribution in [-0.4, -0.2) is 42.6 Å². The molecule has 0 radical (unpaired) electrons. The number of aliphatic imine (C=N–C) groups is 1. The third kappa shape index (κ3) is 2.98. The van der Waals surface area contributed by atoms with Gasteiger partial charge in [0.05, 0.1) is 11.0 Å². The number of nitrogens with zero attached hydrogens (tertiary/aromatic N) is 3. The zero-order chi connectivity index (χ0) is 17.4. The van der Waals surface area contributed by atoms with Gasteiger partial charge in [0.1, 0.15) is 10.8 Å². The second-order valence-electron chi connectivity index (χ2n) is 5.78. The third-order valence-corrected chi connectivity index (χ3v) is 5.09. The molecule has 1 aliphatic rings. The van der Waals surface area contributed by atoms with E-state index >= 15 is 0 Å². The van der Waals surface area contributed by atoms with Gasteiger partial charge >= 0.3 is 5.97 Å². The van der Waals surface area contributed by atoms with Gasteiger partial charge in [-0.05, 0) is 17.7 Å². The van der Waals surface area contributed by atoms with Gasteiger partial charge in [-0.1, -0.05) is 30.3 Å². The first-order valence-electron chi connectivity index (χ1n) is 7.79. The van der Waals surface area contributed by atoms with Gasteiger partial charge in [0.2, 0.25) is 0 Å². The van der Waals surface area contributed by atoms with Gasteiger partial charge in [-0.15, -0.1) is 11.8 Å². The number of benzene rings is 2. The Morgan fingerprint density at radius 2 is 2.04 bits per heavy atom. The summed E-state index contributed by atoms with van der Waals surface area (Å²) in [4.78, 5) is 20.1. The van der Waals surface area contributed by atoms with Crippen LogP contribution in [0.3, 0.4) is 0 Å². The molecular formula is C18H15N3O3S. The van der Waals surface area contributed by atoms with Crippen molar-refractivity contribution in [3.63, 3.8) is 0 Å². The lowest BCUT2D eigenvalue weighted by Gasteiger charge is -2.09. The molecule has 1 aliphatic heterocycles. The molecule has 1 aromatic heterocycles.